The zero-order valence-corrected chi connectivity index (χ0v) is 20.3. The van der Waals surface area contributed by atoms with Crippen LogP contribution in [0.1, 0.15) is 38.2 Å². The van der Waals surface area contributed by atoms with Gasteiger partial charge in [0.05, 0.1) is 0 Å². The minimum atomic E-state index is -0.219. The van der Waals surface area contributed by atoms with Gasteiger partial charge in [-0.3, -0.25) is 0 Å². The number of amides is 2. The Balaban J connectivity index is 1.18. The average molecular weight is 480 g/mol. The van der Waals surface area contributed by atoms with Gasteiger partial charge in [-0.25, -0.2) is 13.9 Å². The van der Waals surface area contributed by atoms with Gasteiger partial charge in [0.2, 0.25) is 0 Å². The van der Waals surface area contributed by atoms with Gasteiger partial charge in [-0.15, -0.1) is 5.10 Å². The number of nitrogens with one attached hydrogen (secondary N) is 2. The number of hydrogen-bond donors (Lipinski definition) is 2. The number of urea groups is 1. The highest BCUT2D eigenvalue weighted by atomic mass is 19.1. The number of piperidine rings is 1. The Morgan fingerprint density at radius 1 is 1.17 bits per heavy atom. The molecule has 1 atom stereocenters. The molecule has 8 nitrogen and oxygen atoms in total. The predicted octanol–water partition coefficient (Wildman–Crippen LogP) is 4.36. The molecule has 35 heavy (non-hydrogen) atoms. The summed E-state index contributed by atoms with van der Waals surface area (Å²) in [6, 6.07) is 14.2. The molecule has 2 amide bonds. The number of benzene rings is 2. The van der Waals surface area contributed by atoms with Gasteiger partial charge in [0.25, 0.3) is 0 Å². The van der Waals surface area contributed by atoms with Gasteiger partial charge in [0.1, 0.15) is 5.82 Å². The first kappa shape index (κ1) is 24.8. The van der Waals surface area contributed by atoms with Crippen molar-refractivity contribution in [2.45, 2.75) is 45.6 Å². The predicted molar refractivity (Wildman–Crippen MR) is 134 cm³/mol. The summed E-state index contributed by atoms with van der Waals surface area (Å²) in [5.41, 5.74) is 2.76. The van der Waals surface area contributed by atoms with E-state index in [-0.39, 0.29) is 11.8 Å². The van der Waals surface area contributed by atoms with Crippen LogP contribution in [-0.4, -0.2) is 57.3 Å². The van der Waals surface area contributed by atoms with E-state index in [2.05, 4.69) is 38.0 Å². The molecule has 1 fully saturated rings. The Hall–Kier alpha value is -3.33. The van der Waals surface area contributed by atoms with E-state index >= 15 is 0 Å². The maximum absolute atomic E-state index is 13.1. The summed E-state index contributed by atoms with van der Waals surface area (Å²) in [5.74, 6) is 1.10. The van der Waals surface area contributed by atoms with Crippen LogP contribution >= 0.6 is 0 Å². The van der Waals surface area contributed by atoms with Crippen molar-refractivity contribution in [3.8, 4) is 11.4 Å². The SMILES string of the molecule is CCCn1nnnc1-c1cccc(NC(=O)NCCCN2CCC[C@@H](Cc3ccc(F)cc3)C2)c1. The van der Waals surface area contributed by atoms with Crippen LogP contribution in [0.25, 0.3) is 11.4 Å². The van der Waals surface area contributed by atoms with Crippen molar-refractivity contribution in [3.05, 3.63) is 59.9 Å². The van der Waals surface area contributed by atoms with Crippen LogP contribution in [-0.2, 0) is 13.0 Å². The van der Waals surface area contributed by atoms with Crippen LogP contribution in [0.4, 0.5) is 14.9 Å². The fraction of sp³-hybridized carbons (Fsp3) is 0.462. The van der Waals surface area contributed by atoms with E-state index in [1.165, 1.54) is 18.4 Å². The standard InChI is InChI=1S/C26H34FN7O/c1-2-14-34-25(30-31-32-34)22-7-3-8-24(18-22)29-26(35)28-13-5-16-33-15-4-6-21(19-33)17-20-9-11-23(27)12-10-20/h3,7-12,18,21H,2,4-6,13-17,19H2,1H3,(H2,28,29,35)/t21-/m0/s1. The number of hydrogen-bond acceptors (Lipinski definition) is 5. The third kappa shape index (κ3) is 7.32. The molecule has 2 heterocycles. The van der Waals surface area contributed by atoms with E-state index in [9.17, 15) is 9.18 Å². The van der Waals surface area contributed by atoms with Crippen molar-refractivity contribution in [2.75, 3.05) is 31.5 Å². The van der Waals surface area contributed by atoms with Gasteiger partial charge in [-0.1, -0.05) is 31.2 Å². The highest BCUT2D eigenvalue weighted by molar-refractivity contribution is 5.89. The molecular formula is C26H34FN7O. The van der Waals surface area contributed by atoms with Crippen LogP contribution in [0.2, 0.25) is 0 Å². The monoisotopic (exact) mass is 479 g/mol. The third-order valence-corrected chi connectivity index (χ3v) is 6.32. The molecule has 1 aliphatic heterocycles. The molecule has 1 saturated heterocycles. The summed E-state index contributed by atoms with van der Waals surface area (Å²) >= 11 is 0. The van der Waals surface area contributed by atoms with Gasteiger partial charge in [-0.2, -0.15) is 0 Å². The summed E-state index contributed by atoms with van der Waals surface area (Å²) in [6.07, 6.45) is 5.20. The molecule has 2 aromatic carbocycles. The van der Waals surface area contributed by atoms with E-state index < -0.39 is 0 Å². The topological polar surface area (TPSA) is 88.0 Å². The Morgan fingerprint density at radius 2 is 2.03 bits per heavy atom. The largest absolute Gasteiger partial charge is 0.338 e. The number of halogens is 1. The Bertz CT molecular complexity index is 1090. The lowest BCUT2D eigenvalue weighted by Crippen LogP contribution is -2.38. The molecule has 0 aliphatic carbocycles. The first-order valence-corrected chi connectivity index (χ1v) is 12.5. The van der Waals surface area contributed by atoms with E-state index in [1.54, 1.807) is 16.8 Å². The van der Waals surface area contributed by atoms with E-state index in [0.717, 1.165) is 51.0 Å². The molecule has 0 radical (unpaired) electrons. The summed E-state index contributed by atoms with van der Waals surface area (Å²) < 4.78 is 14.9. The average Bonchev–Trinajstić information content (AvgIpc) is 3.32. The van der Waals surface area contributed by atoms with Crippen molar-refractivity contribution < 1.29 is 9.18 Å². The normalized spacial score (nSPS) is 16.2. The number of rotatable bonds is 10. The van der Waals surface area contributed by atoms with Gasteiger partial charge in [0.15, 0.2) is 5.82 Å². The van der Waals surface area contributed by atoms with E-state index in [1.807, 2.05) is 36.4 Å². The molecule has 0 spiro atoms. The second kappa shape index (κ2) is 12.4. The maximum Gasteiger partial charge on any atom is 0.319 e. The smallest absolute Gasteiger partial charge is 0.319 e. The minimum absolute atomic E-state index is 0.183. The van der Waals surface area contributed by atoms with Crippen LogP contribution in [0, 0.1) is 11.7 Å². The van der Waals surface area contributed by atoms with Crippen LogP contribution in [0.3, 0.4) is 0 Å². The third-order valence-electron chi connectivity index (χ3n) is 6.32. The number of nitrogens with zero attached hydrogens (tertiary/aromatic N) is 5. The molecule has 1 aromatic heterocycles. The van der Waals surface area contributed by atoms with Crippen LogP contribution in [0.5, 0.6) is 0 Å². The lowest BCUT2D eigenvalue weighted by atomic mass is 9.91. The fourth-order valence-electron chi connectivity index (χ4n) is 4.66. The zero-order valence-electron chi connectivity index (χ0n) is 20.3. The maximum atomic E-state index is 13.1. The molecule has 4 rings (SSSR count). The number of carbonyl (C=O) groups is 1. The van der Waals surface area contributed by atoms with Crippen LogP contribution in [0.15, 0.2) is 48.5 Å². The molecule has 9 heteroatoms. The fourth-order valence-corrected chi connectivity index (χ4v) is 4.66. The number of carbonyl (C=O) groups excluding carboxylic acids is 1. The van der Waals surface area contributed by atoms with Gasteiger partial charge < -0.3 is 15.5 Å². The first-order chi connectivity index (χ1) is 17.1. The molecule has 1 aliphatic rings. The molecule has 0 saturated carbocycles. The second-order valence-corrected chi connectivity index (χ2v) is 9.18. The van der Waals surface area contributed by atoms with Crippen molar-refractivity contribution in [1.29, 1.82) is 0 Å². The quantitative estimate of drug-likeness (QED) is 0.422. The molecule has 186 valence electrons. The lowest BCUT2D eigenvalue weighted by molar-refractivity contribution is 0.172. The van der Waals surface area contributed by atoms with Crippen molar-refractivity contribution in [1.82, 2.24) is 30.4 Å². The van der Waals surface area contributed by atoms with Crippen molar-refractivity contribution in [2.24, 2.45) is 5.92 Å². The number of likely N-dealkylation sites (tertiary alicyclic amines) is 1. The van der Waals surface area contributed by atoms with Gasteiger partial charge in [0, 0.05) is 30.9 Å². The molecule has 0 bridgehead atoms. The summed E-state index contributed by atoms with van der Waals surface area (Å²) in [4.78, 5) is 14.9. The number of tetrazole rings is 1. The second-order valence-electron chi connectivity index (χ2n) is 9.18. The molecular weight excluding hydrogens is 445 g/mol. The van der Waals surface area contributed by atoms with Gasteiger partial charge >= 0.3 is 6.03 Å². The Morgan fingerprint density at radius 3 is 2.86 bits per heavy atom. The summed E-state index contributed by atoms with van der Waals surface area (Å²) in [5, 5.41) is 17.8. The Kier molecular flexibility index (Phi) is 8.78. The molecule has 0 unspecified atom stereocenters. The van der Waals surface area contributed by atoms with Crippen molar-refractivity contribution >= 4 is 11.7 Å². The van der Waals surface area contributed by atoms with Crippen LogP contribution < -0.4 is 10.6 Å². The lowest BCUT2D eigenvalue weighted by Gasteiger charge is -2.32. The van der Waals surface area contributed by atoms with Gasteiger partial charge in [-0.05, 0) is 91.4 Å². The molecule has 2 N–H and O–H groups in total. The zero-order chi connectivity index (χ0) is 24.5. The summed E-state index contributed by atoms with van der Waals surface area (Å²) in [7, 11) is 0. The number of anilines is 1. The number of aryl methyl sites for hydroxylation is 1. The number of aromatic nitrogens is 4. The first-order valence-electron chi connectivity index (χ1n) is 12.5. The Labute approximate surface area is 205 Å². The highest BCUT2D eigenvalue weighted by Gasteiger charge is 2.20. The highest BCUT2D eigenvalue weighted by Crippen LogP contribution is 2.22. The van der Waals surface area contributed by atoms with E-state index in [0.29, 0.717) is 24.0 Å². The minimum Gasteiger partial charge on any atom is -0.338 e. The molecule has 3 aromatic rings. The summed E-state index contributed by atoms with van der Waals surface area (Å²) in [6.45, 7) is 6.52. The van der Waals surface area contributed by atoms with Crippen molar-refractivity contribution in [3.63, 3.8) is 0 Å². The van der Waals surface area contributed by atoms with E-state index in [4.69, 9.17) is 0 Å².